The molecule has 1 heterocycles. The average molecular weight is 372 g/mol. The van der Waals surface area contributed by atoms with Gasteiger partial charge in [0.2, 0.25) is 11.8 Å². The van der Waals surface area contributed by atoms with Crippen LogP contribution in [0.5, 0.6) is 0 Å². The first-order chi connectivity index (χ1) is 13.0. The molecule has 1 aromatic carbocycles. The minimum Gasteiger partial charge on any atom is -0.454 e. The number of amides is 3. The molecule has 1 aromatic rings. The maximum atomic E-state index is 12.3. The molecular formula is C20H24N2O5. The lowest BCUT2D eigenvalue weighted by Crippen LogP contribution is -2.38. The number of ether oxygens (including phenoxy) is 1. The monoisotopic (exact) mass is 372 g/mol. The minimum atomic E-state index is -0.752. The van der Waals surface area contributed by atoms with Crippen molar-refractivity contribution in [2.45, 2.75) is 38.6 Å². The minimum absolute atomic E-state index is 0.220. The van der Waals surface area contributed by atoms with Crippen molar-refractivity contribution in [3.63, 3.8) is 0 Å². The van der Waals surface area contributed by atoms with Crippen LogP contribution in [0.3, 0.4) is 0 Å². The molecule has 2 aliphatic rings. The molecule has 1 aliphatic carbocycles. The number of hydrogen-bond donors (Lipinski definition) is 1. The number of carbonyl (C=O) groups excluding carboxylic acids is 4. The predicted octanol–water partition coefficient (Wildman–Crippen LogP) is 1.58. The number of esters is 1. The molecule has 1 aliphatic heterocycles. The Hall–Kier alpha value is -2.70. The third kappa shape index (κ3) is 4.35. The van der Waals surface area contributed by atoms with Crippen molar-refractivity contribution >= 4 is 23.7 Å². The van der Waals surface area contributed by atoms with Crippen molar-refractivity contribution < 1.29 is 23.9 Å². The van der Waals surface area contributed by atoms with E-state index in [1.807, 2.05) is 37.3 Å². The normalized spacial score (nSPS) is 22.9. The summed E-state index contributed by atoms with van der Waals surface area (Å²) in [6.07, 6.45) is 3.25. The second-order valence-electron chi connectivity index (χ2n) is 7.12. The lowest BCUT2D eigenvalue weighted by Gasteiger charge is -2.19. The van der Waals surface area contributed by atoms with Gasteiger partial charge in [-0.1, -0.05) is 43.2 Å². The fourth-order valence-electron chi connectivity index (χ4n) is 3.82. The highest BCUT2D eigenvalue weighted by molar-refractivity contribution is 6.07. The second kappa shape index (κ2) is 8.33. The van der Waals surface area contributed by atoms with Crippen LogP contribution < -0.4 is 5.32 Å². The summed E-state index contributed by atoms with van der Waals surface area (Å²) >= 11 is 0. The molecule has 0 radical (unpaired) electrons. The number of fused-ring (bicyclic) bond motifs is 1. The van der Waals surface area contributed by atoms with E-state index in [1.54, 1.807) is 0 Å². The molecular weight excluding hydrogens is 348 g/mol. The maximum absolute atomic E-state index is 12.3. The fourth-order valence-corrected chi connectivity index (χ4v) is 3.82. The van der Waals surface area contributed by atoms with E-state index in [2.05, 4.69) is 5.32 Å². The third-order valence-electron chi connectivity index (χ3n) is 5.26. The smallest absolute Gasteiger partial charge is 0.326 e. The second-order valence-corrected chi connectivity index (χ2v) is 7.12. The molecule has 3 atom stereocenters. The van der Waals surface area contributed by atoms with E-state index in [0.717, 1.165) is 23.3 Å². The largest absolute Gasteiger partial charge is 0.454 e. The molecule has 0 unspecified atom stereocenters. The van der Waals surface area contributed by atoms with E-state index in [4.69, 9.17) is 4.74 Å². The number of hydrogen-bond acceptors (Lipinski definition) is 5. The molecule has 0 spiro atoms. The lowest BCUT2D eigenvalue weighted by molar-refractivity contribution is -0.155. The number of imide groups is 1. The summed E-state index contributed by atoms with van der Waals surface area (Å²) in [5, 5.41) is 2.74. The molecule has 1 saturated heterocycles. The van der Waals surface area contributed by atoms with Gasteiger partial charge in [0.05, 0.1) is 17.9 Å². The molecule has 7 nitrogen and oxygen atoms in total. The van der Waals surface area contributed by atoms with Crippen molar-refractivity contribution in [1.29, 1.82) is 0 Å². The van der Waals surface area contributed by atoms with Gasteiger partial charge in [-0.15, -0.1) is 0 Å². The van der Waals surface area contributed by atoms with E-state index in [0.29, 0.717) is 12.8 Å². The quantitative estimate of drug-likeness (QED) is 0.605. The van der Waals surface area contributed by atoms with Crippen LogP contribution >= 0.6 is 0 Å². The van der Waals surface area contributed by atoms with Gasteiger partial charge in [0.1, 0.15) is 6.54 Å². The first-order valence-corrected chi connectivity index (χ1v) is 9.32. The molecule has 3 amide bonds. The van der Waals surface area contributed by atoms with Gasteiger partial charge in [-0.25, -0.2) is 0 Å². The summed E-state index contributed by atoms with van der Waals surface area (Å²) < 4.78 is 4.96. The number of nitrogens with zero attached hydrogens (tertiary/aromatic N) is 1. The Balaban J connectivity index is 1.46. The molecule has 27 heavy (non-hydrogen) atoms. The molecule has 1 saturated carbocycles. The van der Waals surface area contributed by atoms with E-state index in [9.17, 15) is 19.2 Å². The Kier molecular flexibility index (Phi) is 5.88. The summed E-state index contributed by atoms with van der Waals surface area (Å²) in [7, 11) is 0. The molecule has 144 valence electrons. The van der Waals surface area contributed by atoms with E-state index in [1.165, 1.54) is 0 Å². The van der Waals surface area contributed by atoms with Crippen molar-refractivity contribution in [3.8, 4) is 0 Å². The standard InChI is InChI=1S/C20H24N2O5/c1-13(14-7-3-2-4-8-14)21-17(23)12-27-18(24)11-22-19(25)15-9-5-6-10-16(15)20(22)26/h2-4,7-8,13,15-16H,5-6,9-12H2,1H3,(H,21,23)/t13-,15+,16+/m1/s1. The van der Waals surface area contributed by atoms with Crippen LogP contribution in [0.25, 0.3) is 0 Å². The Labute approximate surface area is 158 Å². The number of likely N-dealkylation sites (tertiary alicyclic amines) is 1. The van der Waals surface area contributed by atoms with Gasteiger partial charge in [0.15, 0.2) is 6.61 Å². The van der Waals surface area contributed by atoms with E-state index in [-0.39, 0.29) is 29.7 Å². The van der Waals surface area contributed by atoms with Gasteiger partial charge < -0.3 is 10.1 Å². The molecule has 1 N–H and O–H groups in total. The van der Waals surface area contributed by atoms with Gasteiger partial charge in [-0.2, -0.15) is 0 Å². The van der Waals surface area contributed by atoms with Crippen LogP contribution in [-0.2, 0) is 23.9 Å². The predicted molar refractivity (Wildman–Crippen MR) is 96.1 cm³/mol. The first-order valence-electron chi connectivity index (χ1n) is 9.32. The van der Waals surface area contributed by atoms with Crippen molar-refractivity contribution in [1.82, 2.24) is 10.2 Å². The Morgan fingerprint density at radius 1 is 1.11 bits per heavy atom. The molecule has 3 rings (SSSR count). The number of rotatable bonds is 6. The maximum Gasteiger partial charge on any atom is 0.326 e. The number of benzene rings is 1. The Morgan fingerprint density at radius 2 is 1.70 bits per heavy atom. The highest BCUT2D eigenvalue weighted by Gasteiger charge is 2.48. The van der Waals surface area contributed by atoms with Gasteiger partial charge in [-0.3, -0.25) is 24.1 Å². The van der Waals surface area contributed by atoms with Gasteiger partial charge >= 0.3 is 5.97 Å². The summed E-state index contributed by atoms with van der Waals surface area (Å²) in [5.41, 5.74) is 0.938. The van der Waals surface area contributed by atoms with Crippen molar-refractivity contribution in [2.24, 2.45) is 11.8 Å². The Morgan fingerprint density at radius 3 is 2.30 bits per heavy atom. The van der Waals surface area contributed by atoms with Crippen LogP contribution in [0.4, 0.5) is 0 Å². The van der Waals surface area contributed by atoms with Gasteiger partial charge in [0.25, 0.3) is 5.91 Å². The highest BCUT2D eigenvalue weighted by Crippen LogP contribution is 2.37. The first kappa shape index (κ1) is 19.1. The zero-order valence-electron chi connectivity index (χ0n) is 15.3. The molecule has 7 heteroatoms. The van der Waals surface area contributed by atoms with Gasteiger partial charge in [-0.05, 0) is 25.3 Å². The zero-order chi connectivity index (χ0) is 19.4. The summed E-state index contributed by atoms with van der Waals surface area (Å²) in [5.74, 6) is -2.36. The number of nitrogens with one attached hydrogen (secondary N) is 1. The fraction of sp³-hybridized carbons (Fsp3) is 0.500. The topological polar surface area (TPSA) is 92.8 Å². The molecule has 0 bridgehead atoms. The van der Waals surface area contributed by atoms with Crippen LogP contribution in [-0.4, -0.2) is 41.7 Å². The summed E-state index contributed by atoms with van der Waals surface area (Å²) in [6, 6.07) is 9.19. The van der Waals surface area contributed by atoms with Crippen LogP contribution in [0.1, 0.15) is 44.2 Å². The van der Waals surface area contributed by atoms with E-state index >= 15 is 0 Å². The molecule has 0 aromatic heterocycles. The summed E-state index contributed by atoms with van der Waals surface area (Å²) in [4.78, 5) is 49.7. The van der Waals surface area contributed by atoms with E-state index < -0.39 is 25.0 Å². The van der Waals surface area contributed by atoms with Crippen LogP contribution in [0, 0.1) is 11.8 Å². The summed E-state index contributed by atoms with van der Waals surface area (Å²) in [6.45, 7) is 0.962. The Bertz CT molecular complexity index is 709. The lowest BCUT2D eigenvalue weighted by atomic mass is 9.81. The van der Waals surface area contributed by atoms with Crippen molar-refractivity contribution in [3.05, 3.63) is 35.9 Å². The SMILES string of the molecule is C[C@@H](NC(=O)COC(=O)CN1C(=O)[C@H]2CCCC[C@@H]2C1=O)c1ccccc1. The van der Waals surface area contributed by atoms with Gasteiger partial charge in [0, 0.05) is 0 Å². The molecule has 2 fully saturated rings. The number of carbonyl (C=O) groups is 4. The van der Waals surface area contributed by atoms with Crippen LogP contribution in [0.2, 0.25) is 0 Å². The van der Waals surface area contributed by atoms with Crippen LogP contribution in [0.15, 0.2) is 30.3 Å². The highest BCUT2D eigenvalue weighted by atomic mass is 16.5. The average Bonchev–Trinajstić information content (AvgIpc) is 2.92. The third-order valence-corrected chi connectivity index (χ3v) is 5.26. The zero-order valence-corrected chi connectivity index (χ0v) is 15.3. The van der Waals surface area contributed by atoms with Crippen molar-refractivity contribution in [2.75, 3.05) is 13.2 Å².